The second kappa shape index (κ2) is 6.51. The van der Waals surface area contributed by atoms with Crippen LogP contribution in [0.4, 0.5) is 11.6 Å². The van der Waals surface area contributed by atoms with Crippen LogP contribution >= 0.6 is 0 Å². The maximum atomic E-state index is 12.6. The van der Waals surface area contributed by atoms with E-state index >= 15 is 0 Å². The lowest BCUT2D eigenvalue weighted by molar-refractivity contribution is 0.356. The Labute approximate surface area is 147 Å². The van der Waals surface area contributed by atoms with Crippen LogP contribution in [0.25, 0.3) is 0 Å². The van der Waals surface area contributed by atoms with Crippen molar-refractivity contribution in [3.63, 3.8) is 0 Å². The fourth-order valence-corrected chi connectivity index (χ4v) is 4.25. The molecule has 3 heterocycles. The Morgan fingerprint density at radius 3 is 2.60 bits per heavy atom. The van der Waals surface area contributed by atoms with E-state index < -0.39 is 10.0 Å². The van der Waals surface area contributed by atoms with Gasteiger partial charge in [0.15, 0.2) is 0 Å². The van der Waals surface area contributed by atoms with Crippen molar-refractivity contribution in [1.82, 2.24) is 9.97 Å². The van der Waals surface area contributed by atoms with Crippen LogP contribution in [0.1, 0.15) is 24.8 Å². The van der Waals surface area contributed by atoms with E-state index in [9.17, 15) is 8.42 Å². The van der Waals surface area contributed by atoms with Crippen LogP contribution in [-0.4, -0.2) is 38.1 Å². The molecule has 2 aliphatic rings. The molecule has 0 saturated carbocycles. The lowest BCUT2D eigenvalue weighted by Gasteiger charge is -2.26. The van der Waals surface area contributed by atoms with Crippen molar-refractivity contribution in [1.29, 1.82) is 0 Å². The Balaban J connectivity index is 1.50. The van der Waals surface area contributed by atoms with Gasteiger partial charge in [0.25, 0.3) is 10.0 Å². The van der Waals surface area contributed by atoms with E-state index in [1.165, 1.54) is 18.8 Å². The highest BCUT2D eigenvalue weighted by Gasteiger charge is 2.20. The summed E-state index contributed by atoms with van der Waals surface area (Å²) >= 11 is 0. The van der Waals surface area contributed by atoms with Crippen molar-refractivity contribution >= 4 is 21.7 Å². The molecular weight excluding hydrogens is 340 g/mol. The number of hydrogen-bond donors (Lipinski definition) is 1. The standard InChI is InChI=1S/C17H20N4O3S/c22-25(23,15-4-5-16-13(10-15)6-9-24-16)20-14-11-18-17(19-12-14)21-7-2-1-3-8-21/h4-5,10-12,20H,1-3,6-9H2. The predicted octanol–water partition coefficient (Wildman–Crippen LogP) is 2.20. The largest absolute Gasteiger partial charge is 0.493 e. The molecule has 7 nitrogen and oxygen atoms in total. The summed E-state index contributed by atoms with van der Waals surface area (Å²) < 4.78 is 33.1. The van der Waals surface area contributed by atoms with Crippen LogP contribution in [0.2, 0.25) is 0 Å². The van der Waals surface area contributed by atoms with E-state index in [-0.39, 0.29) is 4.90 Å². The summed E-state index contributed by atoms with van der Waals surface area (Å²) in [5.41, 5.74) is 1.28. The van der Waals surface area contributed by atoms with Crippen LogP contribution in [0, 0.1) is 0 Å². The van der Waals surface area contributed by atoms with Gasteiger partial charge in [-0.25, -0.2) is 18.4 Å². The molecule has 0 spiro atoms. The van der Waals surface area contributed by atoms with Gasteiger partial charge >= 0.3 is 0 Å². The van der Waals surface area contributed by atoms with Gasteiger partial charge in [-0.15, -0.1) is 0 Å². The first kappa shape index (κ1) is 16.1. The van der Waals surface area contributed by atoms with Crippen molar-refractivity contribution in [2.45, 2.75) is 30.6 Å². The zero-order valence-corrected chi connectivity index (χ0v) is 14.6. The molecule has 25 heavy (non-hydrogen) atoms. The first-order valence-electron chi connectivity index (χ1n) is 8.47. The third-order valence-electron chi connectivity index (χ3n) is 4.50. The molecule has 0 radical (unpaired) electrons. The number of aromatic nitrogens is 2. The van der Waals surface area contributed by atoms with E-state index in [2.05, 4.69) is 19.6 Å². The summed E-state index contributed by atoms with van der Waals surface area (Å²) in [6, 6.07) is 4.91. The molecule has 1 N–H and O–H groups in total. The van der Waals surface area contributed by atoms with Crippen molar-refractivity contribution in [3.05, 3.63) is 36.2 Å². The average molecular weight is 360 g/mol. The third-order valence-corrected chi connectivity index (χ3v) is 5.88. The first-order chi connectivity index (χ1) is 12.1. The van der Waals surface area contributed by atoms with Crippen LogP contribution < -0.4 is 14.4 Å². The van der Waals surface area contributed by atoms with Gasteiger partial charge < -0.3 is 9.64 Å². The first-order valence-corrected chi connectivity index (χ1v) is 9.96. The fourth-order valence-electron chi connectivity index (χ4n) is 3.18. The lowest BCUT2D eigenvalue weighted by Crippen LogP contribution is -2.30. The van der Waals surface area contributed by atoms with Crippen LogP contribution in [0.3, 0.4) is 0 Å². The van der Waals surface area contributed by atoms with E-state index in [0.717, 1.165) is 43.7 Å². The molecule has 2 aromatic rings. The summed E-state index contributed by atoms with van der Waals surface area (Å²) in [5.74, 6) is 1.41. The summed E-state index contributed by atoms with van der Waals surface area (Å²) in [7, 11) is -3.67. The maximum Gasteiger partial charge on any atom is 0.262 e. The number of fused-ring (bicyclic) bond motifs is 1. The molecule has 0 amide bonds. The minimum atomic E-state index is -3.67. The topological polar surface area (TPSA) is 84.4 Å². The molecule has 2 aliphatic heterocycles. The van der Waals surface area contributed by atoms with Crippen molar-refractivity contribution in [2.24, 2.45) is 0 Å². The number of hydrogen-bond acceptors (Lipinski definition) is 6. The quantitative estimate of drug-likeness (QED) is 0.900. The molecule has 0 aliphatic carbocycles. The average Bonchev–Trinajstić information content (AvgIpc) is 3.10. The van der Waals surface area contributed by atoms with Gasteiger partial charge in [-0.3, -0.25) is 4.72 Å². The number of nitrogens with zero attached hydrogens (tertiary/aromatic N) is 3. The molecule has 4 rings (SSSR count). The Morgan fingerprint density at radius 2 is 1.84 bits per heavy atom. The molecule has 0 unspecified atom stereocenters. The molecular formula is C17H20N4O3S. The van der Waals surface area contributed by atoms with E-state index in [1.54, 1.807) is 18.2 Å². The van der Waals surface area contributed by atoms with Crippen molar-refractivity contribution in [2.75, 3.05) is 29.3 Å². The number of benzene rings is 1. The monoisotopic (exact) mass is 360 g/mol. The molecule has 1 aromatic heterocycles. The normalized spacial score (nSPS) is 17.0. The summed E-state index contributed by atoms with van der Waals surface area (Å²) in [5, 5.41) is 0. The lowest BCUT2D eigenvalue weighted by atomic mass is 10.1. The molecule has 1 fully saturated rings. The minimum Gasteiger partial charge on any atom is -0.493 e. The molecule has 1 aromatic carbocycles. The van der Waals surface area contributed by atoms with Gasteiger partial charge in [0, 0.05) is 19.5 Å². The number of rotatable bonds is 4. The van der Waals surface area contributed by atoms with Gasteiger partial charge in [-0.2, -0.15) is 0 Å². The third kappa shape index (κ3) is 3.39. The fraction of sp³-hybridized carbons (Fsp3) is 0.412. The Bertz CT molecular complexity index is 862. The highest BCUT2D eigenvalue weighted by molar-refractivity contribution is 7.92. The zero-order chi connectivity index (χ0) is 17.3. The second-order valence-corrected chi connectivity index (χ2v) is 7.98. The summed E-state index contributed by atoms with van der Waals surface area (Å²) in [6.45, 7) is 2.49. The maximum absolute atomic E-state index is 12.6. The van der Waals surface area contributed by atoms with Crippen LogP contribution in [0.5, 0.6) is 5.75 Å². The second-order valence-electron chi connectivity index (χ2n) is 6.29. The van der Waals surface area contributed by atoms with Gasteiger partial charge in [0.1, 0.15) is 5.75 Å². The Kier molecular flexibility index (Phi) is 4.20. The number of piperidine rings is 1. The molecule has 0 atom stereocenters. The molecule has 1 saturated heterocycles. The molecule has 0 bridgehead atoms. The zero-order valence-electron chi connectivity index (χ0n) is 13.8. The van der Waals surface area contributed by atoms with Crippen LogP contribution in [-0.2, 0) is 16.4 Å². The predicted molar refractivity (Wildman–Crippen MR) is 94.5 cm³/mol. The number of sulfonamides is 1. The van der Waals surface area contributed by atoms with Crippen molar-refractivity contribution < 1.29 is 13.2 Å². The number of ether oxygens (including phenoxy) is 1. The van der Waals surface area contributed by atoms with Gasteiger partial charge in [-0.1, -0.05) is 0 Å². The van der Waals surface area contributed by atoms with E-state index in [1.807, 2.05) is 0 Å². The smallest absolute Gasteiger partial charge is 0.262 e. The highest BCUT2D eigenvalue weighted by Crippen LogP contribution is 2.28. The number of nitrogens with one attached hydrogen (secondary N) is 1. The van der Waals surface area contributed by atoms with E-state index in [4.69, 9.17) is 4.74 Å². The Hall–Kier alpha value is -2.35. The number of anilines is 2. The summed E-state index contributed by atoms with van der Waals surface area (Å²) in [6.07, 6.45) is 7.28. The van der Waals surface area contributed by atoms with Crippen molar-refractivity contribution in [3.8, 4) is 5.75 Å². The molecule has 8 heteroatoms. The SMILES string of the molecule is O=S(=O)(Nc1cnc(N2CCCCC2)nc1)c1ccc2c(c1)CCO2. The van der Waals surface area contributed by atoms with Crippen LogP contribution in [0.15, 0.2) is 35.5 Å². The van der Waals surface area contributed by atoms with Gasteiger partial charge in [-0.05, 0) is 43.0 Å². The minimum absolute atomic E-state index is 0.219. The van der Waals surface area contributed by atoms with Gasteiger partial charge in [0.2, 0.25) is 5.95 Å². The highest BCUT2D eigenvalue weighted by atomic mass is 32.2. The molecule has 132 valence electrons. The van der Waals surface area contributed by atoms with E-state index in [0.29, 0.717) is 18.2 Å². The van der Waals surface area contributed by atoms with Gasteiger partial charge in [0.05, 0.1) is 29.6 Å². The Morgan fingerprint density at radius 1 is 1.08 bits per heavy atom. The summed E-state index contributed by atoms with van der Waals surface area (Å²) in [4.78, 5) is 11.0.